The third kappa shape index (κ3) is 4.61. The zero-order chi connectivity index (χ0) is 18.4. The number of carbonyl (C=O) groups is 2. The van der Waals surface area contributed by atoms with Crippen molar-refractivity contribution in [3.8, 4) is 0 Å². The van der Waals surface area contributed by atoms with Gasteiger partial charge in [-0.2, -0.15) is 0 Å². The molecule has 0 saturated carbocycles. The first-order chi connectivity index (χ1) is 12.7. The highest BCUT2D eigenvalue weighted by molar-refractivity contribution is 7.98. The van der Waals surface area contributed by atoms with Gasteiger partial charge in [0.1, 0.15) is 0 Å². The Morgan fingerprint density at radius 2 is 1.88 bits per heavy atom. The number of likely N-dealkylation sites (tertiary alicyclic amines) is 1. The van der Waals surface area contributed by atoms with Gasteiger partial charge in [0.2, 0.25) is 5.91 Å². The summed E-state index contributed by atoms with van der Waals surface area (Å²) in [5.74, 6) is -0.0348. The van der Waals surface area contributed by atoms with Crippen molar-refractivity contribution in [2.75, 3.05) is 19.3 Å². The van der Waals surface area contributed by atoms with Gasteiger partial charge in [-0.3, -0.25) is 14.6 Å². The molecule has 3 rings (SSSR count). The van der Waals surface area contributed by atoms with Crippen LogP contribution < -0.4 is 0 Å². The Balaban J connectivity index is 1.63. The highest BCUT2D eigenvalue weighted by Gasteiger charge is 2.28. The fourth-order valence-electron chi connectivity index (χ4n) is 3.13. The van der Waals surface area contributed by atoms with E-state index in [1.54, 1.807) is 41.2 Å². The summed E-state index contributed by atoms with van der Waals surface area (Å²) in [5.41, 5.74) is 1.67. The zero-order valence-electron chi connectivity index (χ0n) is 14.8. The number of thioether (sulfide) groups is 1. The Hall–Kier alpha value is -2.40. The van der Waals surface area contributed by atoms with Crippen LogP contribution in [0.3, 0.4) is 0 Å². The summed E-state index contributed by atoms with van der Waals surface area (Å²) in [5, 5.41) is 0. The number of ketones is 1. The van der Waals surface area contributed by atoms with Gasteiger partial charge < -0.3 is 4.90 Å². The molecule has 1 atom stereocenters. The smallest absolute Gasteiger partial charge is 0.246 e. The van der Waals surface area contributed by atoms with Crippen molar-refractivity contribution in [1.29, 1.82) is 0 Å². The fourth-order valence-corrected chi connectivity index (χ4v) is 3.54. The molecule has 0 bridgehead atoms. The van der Waals surface area contributed by atoms with Crippen LogP contribution in [-0.2, 0) is 4.79 Å². The predicted molar refractivity (Wildman–Crippen MR) is 105 cm³/mol. The Labute approximate surface area is 158 Å². The van der Waals surface area contributed by atoms with Crippen LogP contribution in [0.25, 0.3) is 6.08 Å². The summed E-state index contributed by atoms with van der Waals surface area (Å²) in [6.07, 6.45) is 10.5. The standard InChI is InChI=1S/C21H22N2O2S/c1-26-19-7-5-17(6-8-19)21(25)18-3-2-14-23(15-18)20(24)9-4-16-10-12-22-13-11-16/h4-13,18H,2-3,14-15H2,1H3/b9-4+/t18-/m0/s1. The number of benzene rings is 1. The first-order valence-electron chi connectivity index (χ1n) is 8.72. The molecule has 1 aliphatic heterocycles. The lowest BCUT2D eigenvalue weighted by atomic mass is 9.90. The number of hydrogen-bond acceptors (Lipinski definition) is 4. The molecule has 2 aromatic rings. The van der Waals surface area contributed by atoms with Gasteiger partial charge in [-0.15, -0.1) is 11.8 Å². The minimum atomic E-state index is -0.123. The molecule has 1 fully saturated rings. The molecule has 4 nitrogen and oxygen atoms in total. The number of piperidine rings is 1. The van der Waals surface area contributed by atoms with Crippen LogP contribution in [0.5, 0.6) is 0 Å². The second-order valence-electron chi connectivity index (χ2n) is 6.33. The third-order valence-electron chi connectivity index (χ3n) is 4.60. The number of carbonyl (C=O) groups excluding carboxylic acids is 2. The molecule has 1 aromatic carbocycles. The van der Waals surface area contributed by atoms with Gasteiger partial charge in [0.15, 0.2) is 5.78 Å². The maximum atomic E-state index is 12.8. The van der Waals surface area contributed by atoms with E-state index in [1.165, 1.54) is 0 Å². The fraction of sp³-hybridized carbons (Fsp3) is 0.286. The van der Waals surface area contributed by atoms with Crippen molar-refractivity contribution in [3.63, 3.8) is 0 Å². The van der Waals surface area contributed by atoms with Crippen molar-refractivity contribution in [2.45, 2.75) is 17.7 Å². The molecule has 26 heavy (non-hydrogen) atoms. The Morgan fingerprint density at radius 1 is 1.15 bits per heavy atom. The molecule has 0 unspecified atom stereocenters. The minimum absolute atomic E-state index is 0.0444. The number of aromatic nitrogens is 1. The van der Waals surface area contributed by atoms with E-state index < -0.39 is 0 Å². The Bertz CT molecular complexity index is 787. The molecule has 0 spiro atoms. The van der Waals surface area contributed by atoms with Gasteiger partial charge in [-0.1, -0.05) is 12.1 Å². The quantitative estimate of drug-likeness (QED) is 0.457. The van der Waals surface area contributed by atoms with Gasteiger partial charge in [0.05, 0.1) is 0 Å². The molecular weight excluding hydrogens is 344 g/mol. The zero-order valence-corrected chi connectivity index (χ0v) is 15.6. The highest BCUT2D eigenvalue weighted by Crippen LogP contribution is 2.23. The lowest BCUT2D eigenvalue weighted by Crippen LogP contribution is -2.41. The van der Waals surface area contributed by atoms with E-state index in [9.17, 15) is 9.59 Å². The molecular formula is C21H22N2O2S. The van der Waals surface area contributed by atoms with E-state index in [2.05, 4.69) is 4.98 Å². The summed E-state index contributed by atoms with van der Waals surface area (Å²) in [7, 11) is 0. The Morgan fingerprint density at radius 3 is 2.58 bits per heavy atom. The monoisotopic (exact) mass is 366 g/mol. The molecule has 0 radical (unpaired) electrons. The number of Topliss-reactive ketones (excluding diaryl/α,β-unsaturated/α-hetero) is 1. The maximum absolute atomic E-state index is 12.8. The highest BCUT2D eigenvalue weighted by atomic mass is 32.2. The van der Waals surface area contributed by atoms with Crippen LogP contribution in [0.2, 0.25) is 0 Å². The lowest BCUT2D eigenvalue weighted by molar-refractivity contribution is -0.127. The first kappa shape index (κ1) is 18.4. The van der Waals surface area contributed by atoms with Crippen LogP contribution in [0.1, 0.15) is 28.8 Å². The first-order valence-corrected chi connectivity index (χ1v) is 9.95. The molecule has 134 valence electrons. The molecule has 1 saturated heterocycles. The number of hydrogen-bond donors (Lipinski definition) is 0. The summed E-state index contributed by atoms with van der Waals surface area (Å²) in [6.45, 7) is 1.19. The lowest BCUT2D eigenvalue weighted by Gasteiger charge is -2.31. The second-order valence-corrected chi connectivity index (χ2v) is 7.21. The van der Waals surface area contributed by atoms with Crippen molar-refractivity contribution >= 4 is 29.5 Å². The van der Waals surface area contributed by atoms with Gasteiger partial charge in [-0.05, 0) is 55.0 Å². The third-order valence-corrected chi connectivity index (χ3v) is 5.35. The summed E-state index contributed by atoms with van der Waals surface area (Å²) in [6, 6.07) is 11.4. The van der Waals surface area contributed by atoms with Crippen LogP contribution in [0.15, 0.2) is 59.8 Å². The van der Waals surface area contributed by atoms with E-state index in [1.807, 2.05) is 42.7 Å². The molecule has 2 heterocycles. The van der Waals surface area contributed by atoms with Crippen LogP contribution in [0.4, 0.5) is 0 Å². The second kappa shape index (κ2) is 8.81. The molecule has 1 aliphatic rings. The van der Waals surface area contributed by atoms with Crippen LogP contribution in [-0.4, -0.2) is 40.9 Å². The van der Waals surface area contributed by atoms with E-state index in [0.29, 0.717) is 13.1 Å². The van der Waals surface area contributed by atoms with Crippen LogP contribution >= 0.6 is 11.8 Å². The van der Waals surface area contributed by atoms with Crippen molar-refractivity contribution in [3.05, 3.63) is 66.0 Å². The molecule has 1 aromatic heterocycles. The normalized spacial score (nSPS) is 17.4. The van der Waals surface area contributed by atoms with Crippen LogP contribution in [0, 0.1) is 5.92 Å². The van der Waals surface area contributed by atoms with Gasteiger partial charge >= 0.3 is 0 Å². The van der Waals surface area contributed by atoms with Crippen molar-refractivity contribution < 1.29 is 9.59 Å². The van der Waals surface area contributed by atoms with Gasteiger partial charge in [-0.25, -0.2) is 0 Å². The minimum Gasteiger partial charge on any atom is -0.338 e. The van der Waals surface area contributed by atoms with E-state index in [4.69, 9.17) is 0 Å². The molecule has 0 N–H and O–H groups in total. The average molecular weight is 366 g/mol. The van der Waals surface area contributed by atoms with Gasteiger partial charge in [0, 0.05) is 47.9 Å². The molecule has 5 heteroatoms. The Kier molecular flexibility index (Phi) is 6.23. The largest absolute Gasteiger partial charge is 0.338 e. The number of rotatable bonds is 5. The predicted octanol–water partition coefficient (Wildman–Crippen LogP) is 3.94. The molecule has 0 aliphatic carbocycles. The number of pyridine rings is 1. The summed E-state index contributed by atoms with van der Waals surface area (Å²) in [4.78, 5) is 32.1. The average Bonchev–Trinajstić information content (AvgIpc) is 2.72. The maximum Gasteiger partial charge on any atom is 0.246 e. The van der Waals surface area contributed by atoms with Crippen molar-refractivity contribution in [2.24, 2.45) is 5.92 Å². The number of amides is 1. The van der Waals surface area contributed by atoms with Crippen molar-refractivity contribution in [1.82, 2.24) is 9.88 Å². The summed E-state index contributed by atoms with van der Waals surface area (Å²) < 4.78 is 0. The topological polar surface area (TPSA) is 50.3 Å². The SMILES string of the molecule is CSc1ccc(C(=O)[C@H]2CCCN(C(=O)/C=C/c3ccncc3)C2)cc1. The van der Waals surface area contributed by atoms with E-state index >= 15 is 0 Å². The number of nitrogens with zero attached hydrogens (tertiary/aromatic N) is 2. The van der Waals surface area contributed by atoms with E-state index in [0.717, 1.165) is 28.9 Å². The van der Waals surface area contributed by atoms with E-state index in [-0.39, 0.29) is 17.6 Å². The van der Waals surface area contributed by atoms with Gasteiger partial charge in [0.25, 0.3) is 0 Å². The molecule has 1 amide bonds. The summed E-state index contributed by atoms with van der Waals surface area (Å²) >= 11 is 1.66.